The molecule has 0 unspecified atom stereocenters. The van der Waals surface area contributed by atoms with Crippen LogP contribution in [0.5, 0.6) is 6.01 Å². The van der Waals surface area contributed by atoms with Crippen molar-refractivity contribution < 1.29 is 4.74 Å². The number of ether oxygens (including phenoxy) is 1. The Balaban J connectivity index is 2.06. The molecule has 0 atom stereocenters. The number of hydrogen-bond acceptors (Lipinski definition) is 8. The van der Waals surface area contributed by atoms with Crippen molar-refractivity contribution in [3.63, 3.8) is 0 Å². The quantitative estimate of drug-likeness (QED) is 0.516. The van der Waals surface area contributed by atoms with Crippen LogP contribution in [0.3, 0.4) is 0 Å². The third-order valence-corrected chi connectivity index (χ3v) is 4.77. The Kier molecular flexibility index (Phi) is 4.87. The van der Waals surface area contributed by atoms with Crippen molar-refractivity contribution in [1.82, 2.24) is 15.0 Å². The molecule has 0 bridgehead atoms. The van der Waals surface area contributed by atoms with E-state index in [1.54, 1.807) is 0 Å². The average molecular weight is 298 g/mol. The monoisotopic (exact) mass is 298 g/mol. The Morgan fingerprint density at radius 3 is 2.50 bits per heavy atom. The molecule has 1 aliphatic rings. The molecule has 1 heterocycles. The molecule has 0 aliphatic heterocycles. The van der Waals surface area contributed by atoms with Gasteiger partial charge in [-0.05, 0) is 32.9 Å². The SMILES string of the molecule is CSC1(CNc2nc(NN)nc(OC(C)C)n2)CCC1. The van der Waals surface area contributed by atoms with Crippen LogP contribution in [0.25, 0.3) is 0 Å². The van der Waals surface area contributed by atoms with Crippen molar-refractivity contribution in [2.45, 2.75) is 44.0 Å². The molecular weight excluding hydrogens is 276 g/mol. The average Bonchev–Trinajstić information content (AvgIpc) is 2.37. The van der Waals surface area contributed by atoms with Gasteiger partial charge in [-0.2, -0.15) is 26.7 Å². The fraction of sp³-hybridized carbons (Fsp3) is 0.750. The first-order chi connectivity index (χ1) is 9.57. The van der Waals surface area contributed by atoms with Crippen molar-refractivity contribution in [2.75, 3.05) is 23.5 Å². The number of nitrogens with zero attached hydrogens (tertiary/aromatic N) is 3. The molecule has 4 N–H and O–H groups in total. The summed E-state index contributed by atoms with van der Waals surface area (Å²) < 4.78 is 5.80. The van der Waals surface area contributed by atoms with Crippen LogP contribution in [-0.4, -0.2) is 38.6 Å². The first-order valence-corrected chi connectivity index (χ1v) is 7.98. The molecule has 0 aromatic carbocycles. The van der Waals surface area contributed by atoms with Gasteiger partial charge in [0, 0.05) is 11.3 Å². The summed E-state index contributed by atoms with van der Waals surface area (Å²) in [4.78, 5) is 12.5. The molecule has 8 heteroatoms. The van der Waals surface area contributed by atoms with Crippen LogP contribution in [0.4, 0.5) is 11.9 Å². The zero-order valence-electron chi connectivity index (χ0n) is 12.1. The molecule has 1 fully saturated rings. The molecule has 7 nitrogen and oxygen atoms in total. The predicted molar refractivity (Wildman–Crippen MR) is 82.0 cm³/mol. The van der Waals surface area contributed by atoms with E-state index >= 15 is 0 Å². The van der Waals surface area contributed by atoms with Crippen molar-refractivity contribution in [2.24, 2.45) is 5.84 Å². The molecule has 1 aliphatic carbocycles. The molecular formula is C12H22N6OS. The zero-order chi connectivity index (χ0) is 14.6. The zero-order valence-corrected chi connectivity index (χ0v) is 13.0. The molecule has 1 aromatic rings. The molecule has 0 radical (unpaired) electrons. The van der Waals surface area contributed by atoms with Gasteiger partial charge < -0.3 is 10.1 Å². The van der Waals surface area contributed by atoms with Crippen molar-refractivity contribution in [1.29, 1.82) is 0 Å². The van der Waals surface area contributed by atoms with Crippen LogP contribution in [0.15, 0.2) is 0 Å². The molecule has 1 aromatic heterocycles. The smallest absolute Gasteiger partial charge is 0.323 e. The van der Waals surface area contributed by atoms with Gasteiger partial charge in [0.05, 0.1) is 6.10 Å². The summed E-state index contributed by atoms with van der Waals surface area (Å²) in [5, 5.41) is 3.27. The summed E-state index contributed by atoms with van der Waals surface area (Å²) in [6.07, 6.45) is 5.89. The predicted octanol–water partition coefficient (Wildman–Crippen LogP) is 1.64. The Labute approximate surface area is 123 Å². The van der Waals surface area contributed by atoms with E-state index in [-0.39, 0.29) is 12.1 Å². The standard InChI is InChI=1S/C12H22N6OS/c1-8(2)19-11-16-9(15-10(17-11)18-13)14-7-12(20-3)5-4-6-12/h8H,4-7,13H2,1-3H3,(H2,14,15,16,17,18). The van der Waals surface area contributed by atoms with Gasteiger partial charge in [0.1, 0.15) is 0 Å². The summed E-state index contributed by atoms with van der Waals surface area (Å²) in [6, 6.07) is 0.275. The number of anilines is 2. The number of nitrogens with two attached hydrogens (primary N) is 1. The van der Waals surface area contributed by atoms with Crippen LogP contribution in [0.2, 0.25) is 0 Å². The van der Waals surface area contributed by atoms with Crippen molar-refractivity contribution in [3.05, 3.63) is 0 Å². The van der Waals surface area contributed by atoms with E-state index in [2.05, 4.69) is 32.0 Å². The molecule has 0 spiro atoms. The minimum Gasteiger partial charge on any atom is -0.461 e. The van der Waals surface area contributed by atoms with Crippen LogP contribution in [-0.2, 0) is 0 Å². The highest BCUT2D eigenvalue weighted by molar-refractivity contribution is 8.00. The minimum absolute atomic E-state index is 0.0000427. The number of rotatable bonds is 7. The number of aromatic nitrogens is 3. The van der Waals surface area contributed by atoms with Crippen molar-refractivity contribution >= 4 is 23.7 Å². The largest absolute Gasteiger partial charge is 0.461 e. The Bertz CT molecular complexity index is 446. The van der Waals surface area contributed by atoms with E-state index in [0.29, 0.717) is 16.6 Å². The van der Waals surface area contributed by atoms with Gasteiger partial charge in [-0.25, -0.2) is 5.84 Å². The summed E-state index contributed by atoms with van der Waals surface area (Å²) >= 11 is 1.90. The Morgan fingerprint density at radius 1 is 1.30 bits per heavy atom. The second-order valence-corrected chi connectivity index (χ2v) is 6.44. The topological polar surface area (TPSA) is 98.0 Å². The number of nitrogen functional groups attached to an aromatic ring is 1. The summed E-state index contributed by atoms with van der Waals surface area (Å²) in [5.74, 6) is 6.16. The number of hydrazine groups is 1. The third kappa shape index (κ3) is 3.63. The minimum atomic E-state index is 0.0000427. The number of thioether (sulfide) groups is 1. The lowest BCUT2D eigenvalue weighted by Gasteiger charge is -2.40. The first-order valence-electron chi connectivity index (χ1n) is 6.75. The maximum Gasteiger partial charge on any atom is 0.323 e. The first kappa shape index (κ1) is 15.1. The Hall–Kier alpha value is -1.28. The normalized spacial score (nSPS) is 16.6. The van der Waals surface area contributed by atoms with E-state index in [1.807, 2.05) is 25.6 Å². The van der Waals surface area contributed by atoms with Crippen molar-refractivity contribution in [3.8, 4) is 6.01 Å². The molecule has 2 rings (SSSR count). The molecule has 0 saturated heterocycles. The van der Waals surface area contributed by atoms with Gasteiger partial charge in [-0.3, -0.25) is 5.43 Å². The van der Waals surface area contributed by atoms with Gasteiger partial charge in [-0.15, -0.1) is 0 Å². The molecule has 112 valence electrons. The summed E-state index contributed by atoms with van der Waals surface area (Å²) in [5.41, 5.74) is 2.43. The fourth-order valence-electron chi connectivity index (χ4n) is 2.03. The number of nitrogens with one attached hydrogen (secondary N) is 2. The van der Waals surface area contributed by atoms with E-state index in [9.17, 15) is 0 Å². The van der Waals surface area contributed by atoms with Crippen LogP contribution in [0.1, 0.15) is 33.1 Å². The lowest BCUT2D eigenvalue weighted by atomic mass is 9.84. The third-order valence-electron chi connectivity index (χ3n) is 3.35. The maximum absolute atomic E-state index is 5.49. The van der Waals surface area contributed by atoms with Gasteiger partial charge in [0.2, 0.25) is 11.9 Å². The number of hydrogen-bond donors (Lipinski definition) is 3. The highest BCUT2D eigenvalue weighted by atomic mass is 32.2. The maximum atomic E-state index is 5.49. The van der Waals surface area contributed by atoms with Crippen LogP contribution < -0.4 is 21.3 Å². The van der Waals surface area contributed by atoms with Gasteiger partial charge in [0.15, 0.2) is 0 Å². The molecule has 20 heavy (non-hydrogen) atoms. The van der Waals surface area contributed by atoms with E-state index in [1.165, 1.54) is 19.3 Å². The van der Waals surface area contributed by atoms with Crippen LogP contribution in [0, 0.1) is 0 Å². The lowest BCUT2D eigenvalue weighted by molar-refractivity contribution is 0.222. The Morgan fingerprint density at radius 2 is 2.00 bits per heavy atom. The summed E-state index contributed by atoms with van der Waals surface area (Å²) in [6.45, 7) is 4.68. The highest BCUT2D eigenvalue weighted by Crippen LogP contribution is 2.42. The molecule has 0 amide bonds. The fourth-order valence-corrected chi connectivity index (χ4v) is 2.94. The van der Waals surface area contributed by atoms with Crippen LogP contribution >= 0.6 is 11.8 Å². The van der Waals surface area contributed by atoms with Gasteiger partial charge >= 0.3 is 6.01 Å². The van der Waals surface area contributed by atoms with Gasteiger partial charge in [0.25, 0.3) is 0 Å². The van der Waals surface area contributed by atoms with E-state index in [0.717, 1.165) is 6.54 Å². The second kappa shape index (κ2) is 6.45. The second-order valence-electron chi connectivity index (χ2n) is 5.17. The molecule has 1 saturated carbocycles. The van der Waals surface area contributed by atoms with E-state index in [4.69, 9.17) is 10.6 Å². The summed E-state index contributed by atoms with van der Waals surface area (Å²) in [7, 11) is 0. The highest BCUT2D eigenvalue weighted by Gasteiger charge is 2.36. The lowest BCUT2D eigenvalue weighted by Crippen LogP contribution is -2.40. The van der Waals surface area contributed by atoms with Gasteiger partial charge in [-0.1, -0.05) is 6.42 Å². The van der Waals surface area contributed by atoms with E-state index < -0.39 is 0 Å².